The van der Waals surface area contributed by atoms with Gasteiger partial charge in [-0.3, -0.25) is 9.59 Å². The fourth-order valence-electron chi connectivity index (χ4n) is 3.73. The van der Waals surface area contributed by atoms with Gasteiger partial charge in [0.2, 0.25) is 5.91 Å². The zero-order valence-electron chi connectivity index (χ0n) is 14.1. The summed E-state index contributed by atoms with van der Waals surface area (Å²) in [6.07, 6.45) is 3.41. The Kier molecular flexibility index (Phi) is 5.14. The van der Waals surface area contributed by atoms with Crippen LogP contribution < -0.4 is 5.73 Å². The number of rotatable bonds is 4. The number of carbonyl (C=O) groups excluding carboxylic acids is 2. The van der Waals surface area contributed by atoms with Gasteiger partial charge in [-0.25, -0.2) is 4.98 Å². The van der Waals surface area contributed by atoms with E-state index in [1.807, 2.05) is 24.0 Å². The summed E-state index contributed by atoms with van der Waals surface area (Å²) in [6.45, 7) is 3.97. The molecule has 6 heteroatoms. The summed E-state index contributed by atoms with van der Waals surface area (Å²) in [5.41, 5.74) is 6.82. The van der Waals surface area contributed by atoms with Crippen molar-refractivity contribution in [3.05, 3.63) is 29.6 Å². The fraction of sp³-hybridized carbons (Fsp3) is 0.611. The summed E-state index contributed by atoms with van der Waals surface area (Å²) in [4.78, 5) is 30.2. The molecule has 0 saturated carbocycles. The SMILES string of the molecule is Cc1cccc(C(=O)N2CCC(C[C@H]3OCC[C@H]3C(N)=O)CC2)n1. The van der Waals surface area contributed by atoms with Gasteiger partial charge in [0.1, 0.15) is 5.69 Å². The van der Waals surface area contributed by atoms with Gasteiger partial charge in [-0.05, 0) is 50.7 Å². The van der Waals surface area contributed by atoms with Crippen LogP contribution in [0.5, 0.6) is 0 Å². The van der Waals surface area contributed by atoms with Gasteiger partial charge >= 0.3 is 0 Å². The molecule has 6 nitrogen and oxygen atoms in total. The van der Waals surface area contributed by atoms with E-state index in [2.05, 4.69) is 4.98 Å². The number of carbonyl (C=O) groups is 2. The van der Waals surface area contributed by atoms with Crippen molar-refractivity contribution in [2.45, 2.75) is 38.7 Å². The van der Waals surface area contributed by atoms with E-state index >= 15 is 0 Å². The molecule has 0 aromatic carbocycles. The van der Waals surface area contributed by atoms with Crippen molar-refractivity contribution >= 4 is 11.8 Å². The minimum atomic E-state index is -0.254. The maximum atomic E-state index is 12.5. The predicted octanol–water partition coefficient (Wildman–Crippen LogP) is 1.52. The predicted molar refractivity (Wildman–Crippen MR) is 89.3 cm³/mol. The number of hydrogen-bond donors (Lipinski definition) is 1. The lowest BCUT2D eigenvalue weighted by atomic mass is 9.86. The molecule has 24 heavy (non-hydrogen) atoms. The zero-order chi connectivity index (χ0) is 17.1. The first-order chi connectivity index (χ1) is 11.5. The third-order valence-electron chi connectivity index (χ3n) is 5.15. The molecule has 0 radical (unpaired) electrons. The van der Waals surface area contributed by atoms with Crippen molar-refractivity contribution in [3.63, 3.8) is 0 Å². The lowest BCUT2D eigenvalue weighted by Crippen LogP contribution is -2.40. The summed E-state index contributed by atoms with van der Waals surface area (Å²) in [5, 5.41) is 0. The van der Waals surface area contributed by atoms with Crippen molar-refractivity contribution < 1.29 is 14.3 Å². The summed E-state index contributed by atoms with van der Waals surface area (Å²) in [7, 11) is 0. The molecule has 0 spiro atoms. The Labute approximate surface area is 142 Å². The molecule has 1 aromatic rings. The summed E-state index contributed by atoms with van der Waals surface area (Å²) in [5.74, 6) is 0.0746. The smallest absolute Gasteiger partial charge is 0.272 e. The summed E-state index contributed by atoms with van der Waals surface area (Å²) >= 11 is 0. The van der Waals surface area contributed by atoms with Crippen LogP contribution in [-0.4, -0.2) is 47.5 Å². The Morgan fingerprint density at radius 1 is 1.29 bits per heavy atom. The van der Waals surface area contributed by atoms with E-state index in [1.165, 1.54) is 0 Å². The standard InChI is InChI=1S/C18H25N3O3/c1-12-3-2-4-15(20-12)18(23)21-8-5-13(6-9-21)11-16-14(17(19)22)7-10-24-16/h2-4,13-14,16H,5-11H2,1H3,(H2,19,22)/t14-,16-/m1/s1. The van der Waals surface area contributed by atoms with Crippen molar-refractivity contribution in [1.29, 1.82) is 0 Å². The van der Waals surface area contributed by atoms with Crippen LogP contribution in [0.15, 0.2) is 18.2 Å². The highest BCUT2D eigenvalue weighted by Crippen LogP contribution is 2.30. The number of pyridine rings is 1. The Balaban J connectivity index is 1.52. The highest BCUT2D eigenvalue weighted by atomic mass is 16.5. The minimum Gasteiger partial charge on any atom is -0.377 e. The van der Waals surface area contributed by atoms with Crippen LogP contribution in [-0.2, 0) is 9.53 Å². The Morgan fingerprint density at radius 3 is 2.71 bits per heavy atom. The molecule has 2 N–H and O–H groups in total. The van der Waals surface area contributed by atoms with E-state index in [0.29, 0.717) is 18.2 Å². The van der Waals surface area contributed by atoms with Gasteiger partial charge in [0, 0.05) is 25.4 Å². The molecule has 0 aliphatic carbocycles. The van der Waals surface area contributed by atoms with Crippen molar-refractivity contribution in [3.8, 4) is 0 Å². The van der Waals surface area contributed by atoms with E-state index in [1.54, 1.807) is 6.07 Å². The van der Waals surface area contributed by atoms with Gasteiger partial charge < -0.3 is 15.4 Å². The van der Waals surface area contributed by atoms with Crippen LogP contribution in [0.25, 0.3) is 0 Å². The van der Waals surface area contributed by atoms with E-state index < -0.39 is 0 Å². The summed E-state index contributed by atoms with van der Waals surface area (Å²) < 4.78 is 5.70. The quantitative estimate of drug-likeness (QED) is 0.906. The molecule has 2 aliphatic rings. The second kappa shape index (κ2) is 7.30. The van der Waals surface area contributed by atoms with Gasteiger partial charge in [-0.15, -0.1) is 0 Å². The summed E-state index contributed by atoms with van der Waals surface area (Å²) in [6, 6.07) is 5.52. The van der Waals surface area contributed by atoms with Crippen LogP contribution >= 0.6 is 0 Å². The number of nitrogens with zero attached hydrogens (tertiary/aromatic N) is 2. The Hall–Kier alpha value is -1.95. The first-order valence-corrected chi connectivity index (χ1v) is 8.68. The number of aromatic nitrogens is 1. The average Bonchev–Trinajstić information content (AvgIpc) is 3.03. The van der Waals surface area contributed by atoms with Gasteiger partial charge in [0.25, 0.3) is 5.91 Å². The third-order valence-corrected chi connectivity index (χ3v) is 5.15. The molecule has 0 bridgehead atoms. The molecular formula is C18H25N3O3. The van der Waals surface area contributed by atoms with Gasteiger partial charge in [-0.2, -0.15) is 0 Å². The molecule has 130 valence electrons. The van der Waals surface area contributed by atoms with Gasteiger partial charge in [0.05, 0.1) is 12.0 Å². The largest absolute Gasteiger partial charge is 0.377 e. The van der Waals surface area contributed by atoms with E-state index in [-0.39, 0.29) is 23.8 Å². The number of hydrogen-bond acceptors (Lipinski definition) is 4. The molecule has 0 unspecified atom stereocenters. The van der Waals surface area contributed by atoms with Crippen LogP contribution in [0, 0.1) is 18.8 Å². The molecule has 2 saturated heterocycles. The molecule has 3 heterocycles. The lowest BCUT2D eigenvalue weighted by molar-refractivity contribution is -0.123. The van der Waals surface area contributed by atoms with Crippen LogP contribution in [0.4, 0.5) is 0 Å². The molecule has 3 rings (SSSR count). The fourth-order valence-corrected chi connectivity index (χ4v) is 3.73. The van der Waals surface area contributed by atoms with Crippen molar-refractivity contribution in [1.82, 2.24) is 9.88 Å². The second-order valence-corrected chi connectivity index (χ2v) is 6.84. The number of piperidine rings is 1. The maximum Gasteiger partial charge on any atom is 0.272 e. The third kappa shape index (κ3) is 3.75. The second-order valence-electron chi connectivity index (χ2n) is 6.84. The normalized spacial score (nSPS) is 25.0. The molecular weight excluding hydrogens is 306 g/mol. The molecule has 2 aliphatic heterocycles. The number of likely N-dealkylation sites (tertiary alicyclic amines) is 1. The topological polar surface area (TPSA) is 85.5 Å². The van der Waals surface area contributed by atoms with Gasteiger partial charge in [0.15, 0.2) is 0 Å². The zero-order valence-corrected chi connectivity index (χ0v) is 14.1. The van der Waals surface area contributed by atoms with E-state index in [9.17, 15) is 9.59 Å². The highest BCUT2D eigenvalue weighted by Gasteiger charge is 2.35. The van der Waals surface area contributed by atoms with Crippen molar-refractivity contribution in [2.75, 3.05) is 19.7 Å². The Morgan fingerprint density at radius 2 is 2.04 bits per heavy atom. The molecule has 2 atom stereocenters. The molecule has 2 amide bonds. The Bertz CT molecular complexity index is 611. The van der Waals surface area contributed by atoms with Crippen molar-refractivity contribution in [2.24, 2.45) is 17.6 Å². The molecule has 1 aromatic heterocycles. The van der Waals surface area contributed by atoms with Crippen LogP contribution in [0.2, 0.25) is 0 Å². The number of nitrogens with two attached hydrogens (primary N) is 1. The van der Waals surface area contributed by atoms with E-state index in [0.717, 1.165) is 44.5 Å². The van der Waals surface area contributed by atoms with E-state index in [4.69, 9.17) is 10.5 Å². The number of primary amides is 1. The highest BCUT2D eigenvalue weighted by molar-refractivity contribution is 5.92. The number of amides is 2. The average molecular weight is 331 g/mol. The minimum absolute atomic E-state index is 0.00396. The number of aryl methyl sites for hydroxylation is 1. The number of ether oxygens (including phenoxy) is 1. The lowest BCUT2D eigenvalue weighted by Gasteiger charge is -2.33. The maximum absolute atomic E-state index is 12.5. The first kappa shape index (κ1) is 16.9. The monoisotopic (exact) mass is 331 g/mol. The van der Waals surface area contributed by atoms with Gasteiger partial charge in [-0.1, -0.05) is 6.07 Å². The first-order valence-electron chi connectivity index (χ1n) is 8.68. The van der Waals surface area contributed by atoms with Crippen LogP contribution in [0.3, 0.4) is 0 Å². The van der Waals surface area contributed by atoms with Crippen LogP contribution in [0.1, 0.15) is 41.9 Å². The molecule has 2 fully saturated rings.